The molecule has 0 N–H and O–H groups in total. The van der Waals surface area contributed by atoms with Crippen LogP contribution in [0.4, 0.5) is 5.69 Å². The van der Waals surface area contributed by atoms with Gasteiger partial charge in [0, 0.05) is 12.1 Å². The first-order valence-corrected chi connectivity index (χ1v) is 11.2. The third kappa shape index (κ3) is 4.20. The lowest BCUT2D eigenvalue weighted by Gasteiger charge is -2.40. The van der Waals surface area contributed by atoms with Crippen molar-refractivity contribution in [2.45, 2.75) is 30.6 Å². The van der Waals surface area contributed by atoms with Crippen LogP contribution in [0.5, 0.6) is 0 Å². The third-order valence-electron chi connectivity index (χ3n) is 4.13. The molecule has 8 nitrogen and oxygen atoms in total. The van der Waals surface area contributed by atoms with Crippen molar-refractivity contribution >= 4 is 58.0 Å². The minimum atomic E-state index is -0.692. The zero-order valence-corrected chi connectivity index (χ0v) is 17.4. The minimum Gasteiger partial charge on any atom is -0.456 e. The van der Waals surface area contributed by atoms with Crippen molar-refractivity contribution in [3.05, 3.63) is 49.9 Å². The van der Waals surface area contributed by atoms with E-state index in [1.807, 2.05) is 6.26 Å². The van der Waals surface area contributed by atoms with Gasteiger partial charge in [0.15, 0.2) is 5.70 Å². The van der Waals surface area contributed by atoms with Crippen molar-refractivity contribution < 1.29 is 24.0 Å². The van der Waals surface area contributed by atoms with E-state index in [0.29, 0.717) is 16.2 Å². The third-order valence-corrected chi connectivity index (χ3v) is 7.65. The van der Waals surface area contributed by atoms with Crippen LogP contribution in [0.1, 0.15) is 18.9 Å². The van der Waals surface area contributed by atoms with E-state index in [9.17, 15) is 24.5 Å². The van der Waals surface area contributed by atoms with Gasteiger partial charge in [-0.2, -0.15) is 0 Å². The van der Waals surface area contributed by atoms with Gasteiger partial charge in [-0.15, -0.1) is 23.5 Å². The molecule has 2 atom stereocenters. The molecule has 1 aromatic rings. The van der Waals surface area contributed by atoms with Gasteiger partial charge in [-0.25, -0.2) is 4.79 Å². The van der Waals surface area contributed by atoms with Crippen LogP contribution >= 0.6 is 35.3 Å². The fourth-order valence-corrected chi connectivity index (χ4v) is 5.81. The molecule has 0 saturated carbocycles. The quantitative estimate of drug-likeness (QED) is 0.217. The van der Waals surface area contributed by atoms with Crippen LogP contribution in [0.25, 0.3) is 0 Å². The minimum absolute atomic E-state index is 0.0573. The molecule has 1 aromatic carbocycles. The van der Waals surface area contributed by atoms with E-state index < -0.39 is 10.9 Å². The Morgan fingerprint density at radius 2 is 2.04 bits per heavy atom. The predicted octanol–water partition coefficient (Wildman–Crippen LogP) is 3.12. The smallest absolute Gasteiger partial charge is 0.357 e. The summed E-state index contributed by atoms with van der Waals surface area (Å²) in [5.74, 6) is -0.885. The van der Waals surface area contributed by atoms with Gasteiger partial charge < -0.3 is 4.74 Å². The van der Waals surface area contributed by atoms with E-state index >= 15 is 0 Å². The van der Waals surface area contributed by atoms with E-state index in [-0.39, 0.29) is 39.6 Å². The molecule has 148 valence electrons. The molecule has 28 heavy (non-hydrogen) atoms. The van der Waals surface area contributed by atoms with Crippen molar-refractivity contribution in [2.75, 3.05) is 6.26 Å². The average molecular weight is 441 g/mol. The van der Waals surface area contributed by atoms with Crippen LogP contribution in [0.2, 0.25) is 0 Å². The summed E-state index contributed by atoms with van der Waals surface area (Å²) in [7, 11) is 0. The van der Waals surface area contributed by atoms with Gasteiger partial charge in [-0.05, 0) is 42.6 Å². The number of hydrogen-bond donors (Lipinski definition) is 0. The molecule has 1 amide bonds. The van der Waals surface area contributed by atoms with Crippen LogP contribution in [0.15, 0.2) is 34.2 Å². The molecule has 2 saturated heterocycles. The number of thioether (sulfide) groups is 3. The summed E-state index contributed by atoms with van der Waals surface area (Å²) in [5.41, 5.74) is 0.624. The Bertz CT molecular complexity index is 870. The highest BCUT2D eigenvalue weighted by Crippen LogP contribution is 2.47. The van der Waals surface area contributed by atoms with Crippen molar-refractivity contribution in [3.63, 3.8) is 0 Å². The molecule has 2 fully saturated rings. The summed E-state index contributed by atoms with van der Waals surface area (Å²) >= 11 is 3.64. The fraction of sp³-hybridized carbons (Fsp3) is 0.353. The Hall–Kier alpha value is -1.98. The predicted molar refractivity (Wildman–Crippen MR) is 108 cm³/mol. The van der Waals surface area contributed by atoms with E-state index in [1.54, 1.807) is 6.92 Å². The molecule has 0 bridgehead atoms. The molecule has 0 spiro atoms. The highest BCUT2D eigenvalue weighted by atomic mass is 32.2. The summed E-state index contributed by atoms with van der Waals surface area (Å²) in [6.45, 7) is 1.65. The maximum atomic E-state index is 12.8. The number of β-lactam (4-membered cyclic amide) rings is 1. The van der Waals surface area contributed by atoms with Gasteiger partial charge in [0.2, 0.25) is 11.0 Å². The van der Waals surface area contributed by atoms with E-state index in [4.69, 9.17) is 4.74 Å². The van der Waals surface area contributed by atoms with Crippen molar-refractivity contribution in [1.29, 1.82) is 0 Å². The van der Waals surface area contributed by atoms with Crippen LogP contribution in [-0.2, 0) is 25.7 Å². The number of nitro groups is 1. The molecule has 11 heteroatoms. The first-order chi connectivity index (χ1) is 13.3. The molecule has 0 aliphatic carbocycles. The van der Waals surface area contributed by atoms with Gasteiger partial charge in [0.1, 0.15) is 6.61 Å². The van der Waals surface area contributed by atoms with Crippen LogP contribution in [0, 0.1) is 10.1 Å². The summed E-state index contributed by atoms with van der Waals surface area (Å²) < 4.78 is 5.83. The number of non-ortho nitro benzene ring substituents is 1. The number of likely N-dealkylation sites (tertiary alicyclic amines) is 1. The van der Waals surface area contributed by atoms with E-state index in [0.717, 1.165) is 11.8 Å². The Morgan fingerprint density at radius 3 is 2.54 bits per heavy atom. The number of ether oxygens (including phenoxy) is 1. The van der Waals surface area contributed by atoms with Crippen molar-refractivity contribution in [2.24, 2.45) is 0 Å². The fourth-order valence-electron chi connectivity index (χ4n) is 2.57. The van der Waals surface area contributed by atoms with Gasteiger partial charge in [-0.1, -0.05) is 0 Å². The molecule has 2 heterocycles. The number of benzene rings is 1. The zero-order chi connectivity index (χ0) is 20.4. The SMILES string of the molecule is CSC1CC(=O)N1C(C(=O)OCc1ccc([N+](=O)[O-])cc1)=C1SC(=O)C(C)S1. The lowest BCUT2D eigenvalue weighted by atomic mass is 10.2. The lowest BCUT2D eigenvalue weighted by Crippen LogP contribution is -2.51. The summed E-state index contributed by atoms with van der Waals surface area (Å²) in [5, 5.41) is 10.2. The number of hydrogen-bond acceptors (Lipinski definition) is 9. The Morgan fingerprint density at radius 1 is 1.36 bits per heavy atom. The maximum Gasteiger partial charge on any atom is 0.357 e. The Labute approximate surface area is 173 Å². The highest BCUT2D eigenvalue weighted by Gasteiger charge is 2.44. The van der Waals surface area contributed by atoms with Crippen LogP contribution in [0.3, 0.4) is 0 Å². The van der Waals surface area contributed by atoms with Gasteiger partial charge in [-0.3, -0.25) is 24.6 Å². The second-order valence-electron chi connectivity index (χ2n) is 5.98. The summed E-state index contributed by atoms with van der Waals surface area (Å²) in [4.78, 5) is 48.5. The summed E-state index contributed by atoms with van der Waals surface area (Å²) in [6, 6.07) is 5.66. The molecule has 2 aliphatic rings. The largest absolute Gasteiger partial charge is 0.456 e. The molecule has 2 aliphatic heterocycles. The first-order valence-electron chi connectivity index (χ1n) is 8.19. The molecular weight excluding hydrogens is 424 g/mol. The van der Waals surface area contributed by atoms with E-state index in [1.165, 1.54) is 52.7 Å². The average Bonchev–Trinajstić information content (AvgIpc) is 3.00. The standard InChI is InChI=1S/C17H16N2O6S3/c1-9-16(22)28-17(27-9)14(18-12(20)7-13(18)26-2)15(21)25-8-10-3-5-11(6-4-10)19(23)24/h3-6,9,13H,7-8H2,1-2H3. The second-order valence-corrected chi connectivity index (χ2v) is 9.61. The summed E-state index contributed by atoms with van der Waals surface area (Å²) in [6.07, 6.45) is 2.17. The van der Waals surface area contributed by atoms with Crippen molar-refractivity contribution in [3.8, 4) is 0 Å². The number of rotatable bonds is 6. The van der Waals surface area contributed by atoms with Gasteiger partial charge in [0.25, 0.3) is 5.69 Å². The Balaban J connectivity index is 1.79. The van der Waals surface area contributed by atoms with Crippen LogP contribution in [-0.4, -0.2) is 43.7 Å². The van der Waals surface area contributed by atoms with Crippen molar-refractivity contribution in [1.82, 2.24) is 4.90 Å². The lowest BCUT2D eigenvalue weighted by molar-refractivity contribution is -0.384. The monoisotopic (exact) mass is 440 g/mol. The zero-order valence-electron chi connectivity index (χ0n) is 14.9. The number of esters is 1. The number of carbonyl (C=O) groups excluding carboxylic acids is 3. The van der Waals surface area contributed by atoms with Gasteiger partial charge in [0.05, 0.1) is 26.2 Å². The molecule has 2 unspecified atom stereocenters. The maximum absolute atomic E-state index is 12.8. The number of amides is 1. The molecular formula is C17H16N2O6S3. The number of carbonyl (C=O) groups is 3. The molecule has 0 aromatic heterocycles. The molecule has 0 radical (unpaired) electrons. The number of nitro benzene ring substituents is 1. The second kappa shape index (κ2) is 8.58. The van der Waals surface area contributed by atoms with Crippen LogP contribution < -0.4 is 0 Å². The van der Waals surface area contributed by atoms with Gasteiger partial charge >= 0.3 is 5.97 Å². The normalized spacial score (nSPS) is 23.4. The first kappa shape index (κ1) is 20.7. The van der Waals surface area contributed by atoms with E-state index in [2.05, 4.69) is 0 Å². The Kier molecular flexibility index (Phi) is 6.36. The highest BCUT2D eigenvalue weighted by molar-refractivity contribution is 8.34. The number of nitrogens with zero attached hydrogens (tertiary/aromatic N) is 2. The topological polar surface area (TPSA) is 107 Å². The molecule has 3 rings (SSSR count).